The smallest absolute Gasteiger partial charge is 0.337 e. The summed E-state index contributed by atoms with van der Waals surface area (Å²) < 4.78 is 4.66. The van der Waals surface area contributed by atoms with Crippen molar-refractivity contribution in [3.8, 4) is 0 Å². The summed E-state index contributed by atoms with van der Waals surface area (Å²) in [6.45, 7) is 2.43. The molecule has 1 heterocycles. The van der Waals surface area contributed by atoms with Gasteiger partial charge < -0.3 is 15.4 Å². The number of methoxy groups -OCH3 is 1. The Bertz CT molecular complexity index is 970. The van der Waals surface area contributed by atoms with E-state index in [-0.39, 0.29) is 11.6 Å². The molecule has 0 bridgehead atoms. The van der Waals surface area contributed by atoms with Gasteiger partial charge in [0.2, 0.25) is 0 Å². The van der Waals surface area contributed by atoms with E-state index in [1.165, 1.54) is 7.11 Å². The SMILES string of the molecule is COC(=O)c1ccc(Nc2ccc(C(=O)NCc3ccccc3C)nn2)cc1. The molecule has 3 aromatic rings. The molecule has 0 atom stereocenters. The molecule has 0 fully saturated rings. The number of nitrogens with one attached hydrogen (secondary N) is 2. The number of hydrogen-bond donors (Lipinski definition) is 2. The Morgan fingerprint density at radius 3 is 2.36 bits per heavy atom. The first-order valence-corrected chi connectivity index (χ1v) is 8.68. The highest BCUT2D eigenvalue weighted by Gasteiger charge is 2.09. The molecule has 0 aliphatic carbocycles. The molecule has 1 amide bonds. The quantitative estimate of drug-likeness (QED) is 0.642. The number of benzene rings is 2. The first kappa shape index (κ1) is 19.0. The number of aryl methyl sites for hydroxylation is 1. The van der Waals surface area contributed by atoms with Crippen molar-refractivity contribution in [1.82, 2.24) is 15.5 Å². The lowest BCUT2D eigenvalue weighted by Gasteiger charge is -2.08. The number of amides is 1. The third-order valence-electron chi connectivity index (χ3n) is 4.18. The molecule has 0 saturated carbocycles. The van der Waals surface area contributed by atoms with Crippen LogP contribution in [0, 0.1) is 6.92 Å². The van der Waals surface area contributed by atoms with Gasteiger partial charge in [-0.1, -0.05) is 24.3 Å². The van der Waals surface area contributed by atoms with Crippen molar-refractivity contribution in [3.05, 3.63) is 83.0 Å². The zero-order valence-corrected chi connectivity index (χ0v) is 15.6. The van der Waals surface area contributed by atoms with Crippen LogP contribution in [0.3, 0.4) is 0 Å². The highest BCUT2D eigenvalue weighted by molar-refractivity contribution is 5.92. The Morgan fingerprint density at radius 2 is 1.71 bits per heavy atom. The van der Waals surface area contributed by atoms with E-state index < -0.39 is 5.97 Å². The highest BCUT2D eigenvalue weighted by atomic mass is 16.5. The maximum Gasteiger partial charge on any atom is 0.337 e. The summed E-state index contributed by atoms with van der Waals surface area (Å²) in [7, 11) is 1.34. The third-order valence-corrected chi connectivity index (χ3v) is 4.18. The van der Waals surface area contributed by atoms with Crippen LogP contribution in [0.2, 0.25) is 0 Å². The summed E-state index contributed by atoms with van der Waals surface area (Å²) >= 11 is 0. The van der Waals surface area contributed by atoms with Crippen molar-refractivity contribution >= 4 is 23.4 Å². The minimum absolute atomic E-state index is 0.236. The lowest BCUT2D eigenvalue weighted by atomic mass is 10.1. The number of carbonyl (C=O) groups excluding carboxylic acids is 2. The monoisotopic (exact) mass is 376 g/mol. The minimum atomic E-state index is -0.396. The van der Waals surface area contributed by atoms with Crippen molar-refractivity contribution < 1.29 is 14.3 Å². The van der Waals surface area contributed by atoms with Crippen LogP contribution in [0.5, 0.6) is 0 Å². The fourth-order valence-electron chi connectivity index (χ4n) is 2.55. The number of anilines is 2. The zero-order valence-electron chi connectivity index (χ0n) is 15.6. The predicted octanol–water partition coefficient (Wildman–Crippen LogP) is 3.25. The van der Waals surface area contributed by atoms with Crippen LogP contribution in [0.25, 0.3) is 0 Å². The van der Waals surface area contributed by atoms with Gasteiger partial charge in [-0.15, -0.1) is 10.2 Å². The van der Waals surface area contributed by atoms with Crippen LogP contribution in [-0.2, 0) is 11.3 Å². The molecule has 3 rings (SSSR count). The average molecular weight is 376 g/mol. The van der Waals surface area contributed by atoms with Gasteiger partial charge in [-0.25, -0.2) is 4.79 Å². The molecular weight excluding hydrogens is 356 g/mol. The molecule has 0 radical (unpaired) electrons. The highest BCUT2D eigenvalue weighted by Crippen LogP contribution is 2.15. The topological polar surface area (TPSA) is 93.2 Å². The van der Waals surface area contributed by atoms with E-state index in [4.69, 9.17) is 0 Å². The van der Waals surface area contributed by atoms with E-state index in [9.17, 15) is 9.59 Å². The second-order valence-corrected chi connectivity index (χ2v) is 6.11. The summed E-state index contributed by atoms with van der Waals surface area (Å²) in [6, 6.07) is 17.9. The van der Waals surface area contributed by atoms with E-state index in [0.29, 0.717) is 17.9 Å². The van der Waals surface area contributed by atoms with Crippen molar-refractivity contribution in [2.24, 2.45) is 0 Å². The molecule has 0 aliphatic heterocycles. The number of rotatable bonds is 6. The van der Waals surface area contributed by atoms with E-state index in [1.54, 1.807) is 36.4 Å². The van der Waals surface area contributed by atoms with Gasteiger partial charge in [-0.3, -0.25) is 4.79 Å². The molecule has 142 valence electrons. The van der Waals surface area contributed by atoms with Gasteiger partial charge in [0.15, 0.2) is 11.5 Å². The summed E-state index contributed by atoms with van der Waals surface area (Å²) in [5.41, 5.74) is 3.60. The molecule has 0 saturated heterocycles. The number of ether oxygens (including phenoxy) is 1. The van der Waals surface area contributed by atoms with Gasteiger partial charge in [0.05, 0.1) is 12.7 Å². The van der Waals surface area contributed by atoms with Gasteiger partial charge >= 0.3 is 5.97 Å². The number of hydrogen-bond acceptors (Lipinski definition) is 6. The van der Waals surface area contributed by atoms with Crippen molar-refractivity contribution in [3.63, 3.8) is 0 Å². The van der Waals surface area contributed by atoms with Crippen molar-refractivity contribution in [2.45, 2.75) is 13.5 Å². The molecule has 2 N–H and O–H groups in total. The van der Waals surface area contributed by atoms with Crippen LogP contribution in [-0.4, -0.2) is 29.2 Å². The molecule has 7 nitrogen and oxygen atoms in total. The maximum atomic E-state index is 12.3. The lowest BCUT2D eigenvalue weighted by molar-refractivity contribution is 0.0600. The van der Waals surface area contributed by atoms with Gasteiger partial charge in [0.25, 0.3) is 5.91 Å². The van der Waals surface area contributed by atoms with Gasteiger partial charge in [0, 0.05) is 12.2 Å². The summed E-state index contributed by atoms with van der Waals surface area (Å²) in [5.74, 6) is -0.196. The van der Waals surface area contributed by atoms with Crippen LogP contribution in [0.4, 0.5) is 11.5 Å². The Kier molecular flexibility index (Phi) is 5.96. The van der Waals surface area contributed by atoms with E-state index in [1.807, 2.05) is 31.2 Å². The summed E-state index contributed by atoms with van der Waals surface area (Å²) in [5, 5.41) is 13.9. The molecule has 2 aromatic carbocycles. The summed E-state index contributed by atoms with van der Waals surface area (Å²) in [4.78, 5) is 23.7. The predicted molar refractivity (Wildman–Crippen MR) is 105 cm³/mol. The number of aromatic nitrogens is 2. The first-order chi connectivity index (χ1) is 13.6. The Morgan fingerprint density at radius 1 is 0.964 bits per heavy atom. The second kappa shape index (κ2) is 8.77. The normalized spacial score (nSPS) is 10.2. The maximum absolute atomic E-state index is 12.3. The van der Waals surface area contributed by atoms with E-state index in [0.717, 1.165) is 16.8 Å². The van der Waals surface area contributed by atoms with E-state index >= 15 is 0 Å². The minimum Gasteiger partial charge on any atom is -0.465 e. The molecule has 28 heavy (non-hydrogen) atoms. The fraction of sp³-hybridized carbons (Fsp3) is 0.143. The Balaban J connectivity index is 1.59. The van der Waals surface area contributed by atoms with Gasteiger partial charge in [-0.2, -0.15) is 0 Å². The number of carbonyl (C=O) groups is 2. The summed E-state index contributed by atoms with van der Waals surface area (Å²) in [6.07, 6.45) is 0. The largest absolute Gasteiger partial charge is 0.465 e. The third kappa shape index (κ3) is 4.70. The van der Waals surface area contributed by atoms with Crippen molar-refractivity contribution in [2.75, 3.05) is 12.4 Å². The Hall–Kier alpha value is -3.74. The van der Waals surface area contributed by atoms with Crippen LogP contribution in [0.15, 0.2) is 60.7 Å². The first-order valence-electron chi connectivity index (χ1n) is 8.68. The molecule has 7 heteroatoms. The van der Waals surface area contributed by atoms with Crippen LogP contribution in [0.1, 0.15) is 32.0 Å². The van der Waals surface area contributed by atoms with Gasteiger partial charge in [-0.05, 0) is 54.4 Å². The second-order valence-electron chi connectivity index (χ2n) is 6.11. The molecule has 0 spiro atoms. The standard InChI is InChI=1S/C21H20N4O3/c1-14-5-3-4-6-16(14)13-22-20(26)18-11-12-19(25-24-18)23-17-9-7-15(8-10-17)21(27)28-2/h3-12H,13H2,1-2H3,(H,22,26)(H,23,25). The Labute approximate surface area is 162 Å². The molecular formula is C21H20N4O3. The number of esters is 1. The van der Waals surface area contributed by atoms with E-state index in [2.05, 4.69) is 25.6 Å². The fourth-order valence-corrected chi connectivity index (χ4v) is 2.55. The zero-order chi connectivity index (χ0) is 19.9. The number of nitrogens with zero attached hydrogens (tertiary/aromatic N) is 2. The van der Waals surface area contributed by atoms with Crippen LogP contribution >= 0.6 is 0 Å². The van der Waals surface area contributed by atoms with Crippen molar-refractivity contribution in [1.29, 1.82) is 0 Å². The molecule has 1 aromatic heterocycles. The lowest BCUT2D eigenvalue weighted by Crippen LogP contribution is -2.24. The average Bonchev–Trinajstić information content (AvgIpc) is 2.73. The molecule has 0 unspecified atom stereocenters. The van der Waals surface area contributed by atoms with Crippen LogP contribution < -0.4 is 10.6 Å². The molecule has 0 aliphatic rings. The van der Waals surface area contributed by atoms with Gasteiger partial charge in [0.1, 0.15) is 0 Å².